The van der Waals surface area contributed by atoms with Crippen LogP contribution in [0, 0.1) is 17.5 Å². The van der Waals surface area contributed by atoms with Gasteiger partial charge in [0.2, 0.25) is 0 Å². The second-order valence-electron chi connectivity index (χ2n) is 4.54. The van der Waals surface area contributed by atoms with Crippen LogP contribution in [0.25, 0.3) is 0 Å². The fraction of sp³-hybridized carbons (Fsp3) is 0.375. The SMILES string of the molecule is CCOC(=O)/C=C(/C(=O)OCC)N(CCF)c1ccc(F)c(F)c1F. The number of halogens is 4. The third-order valence-electron chi connectivity index (χ3n) is 2.93. The van der Waals surface area contributed by atoms with E-state index >= 15 is 0 Å². The van der Waals surface area contributed by atoms with Gasteiger partial charge in [-0.05, 0) is 26.0 Å². The van der Waals surface area contributed by atoms with Gasteiger partial charge in [-0.25, -0.2) is 27.2 Å². The molecule has 25 heavy (non-hydrogen) atoms. The summed E-state index contributed by atoms with van der Waals surface area (Å²) < 4.78 is 63.0. The summed E-state index contributed by atoms with van der Waals surface area (Å²) in [7, 11) is 0. The molecule has 9 heteroatoms. The minimum atomic E-state index is -1.79. The van der Waals surface area contributed by atoms with Crippen LogP contribution < -0.4 is 4.90 Å². The summed E-state index contributed by atoms with van der Waals surface area (Å²) in [6.07, 6.45) is 0.678. The van der Waals surface area contributed by atoms with Gasteiger partial charge in [0.05, 0.1) is 31.5 Å². The summed E-state index contributed by atoms with van der Waals surface area (Å²) in [5.74, 6) is -6.91. The third-order valence-corrected chi connectivity index (χ3v) is 2.93. The minimum absolute atomic E-state index is 0.00587. The highest BCUT2D eigenvalue weighted by atomic mass is 19.2. The fourth-order valence-corrected chi connectivity index (χ4v) is 1.93. The molecule has 0 heterocycles. The molecule has 0 saturated carbocycles. The van der Waals surface area contributed by atoms with Crippen molar-refractivity contribution in [1.29, 1.82) is 0 Å². The molecule has 0 N–H and O–H groups in total. The lowest BCUT2D eigenvalue weighted by atomic mass is 10.2. The van der Waals surface area contributed by atoms with Crippen molar-refractivity contribution in [2.45, 2.75) is 13.8 Å². The Balaban J connectivity index is 3.45. The van der Waals surface area contributed by atoms with Gasteiger partial charge in [-0.3, -0.25) is 0 Å². The first-order valence-electron chi connectivity index (χ1n) is 7.39. The summed E-state index contributed by atoms with van der Waals surface area (Å²) in [4.78, 5) is 24.4. The standard InChI is InChI=1S/C16H17F4NO4/c1-3-24-13(22)9-12(16(23)25-4-2)21(8-7-17)11-6-5-10(18)14(19)15(11)20/h5-6,9H,3-4,7-8H2,1-2H3/b12-9-. The van der Waals surface area contributed by atoms with Crippen LogP contribution >= 0.6 is 0 Å². The molecule has 0 fully saturated rings. The summed E-state index contributed by atoms with van der Waals surface area (Å²) >= 11 is 0. The molecule has 0 unspecified atom stereocenters. The number of hydrogen-bond acceptors (Lipinski definition) is 5. The summed E-state index contributed by atoms with van der Waals surface area (Å²) in [6, 6.07) is 1.44. The molecule has 0 amide bonds. The Bertz CT molecular complexity index is 664. The summed E-state index contributed by atoms with van der Waals surface area (Å²) in [6.45, 7) is 1.24. The molecule has 0 atom stereocenters. The lowest BCUT2D eigenvalue weighted by Crippen LogP contribution is -2.32. The fourth-order valence-electron chi connectivity index (χ4n) is 1.93. The molecule has 5 nitrogen and oxygen atoms in total. The van der Waals surface area contributed by atoms with Gasteiger partial charge < -0.3 is 14.4 Å². The zero-order valence-electron chi connectivity index (χ0n) is 13.7. The van der Waals surface area contributed by atoms with Crippen molar-refractivity contribution >= 4 is 17.6 Å². The van der Waals surface area contributed by atoms with Gasteiger partial charge in [0, 0.05) is 0 Å². The number of benzene rings is 1. The Labute approximate surface area is 141 Å². The number of carbonyl (C=O) groups excluding carboxylic acids is 2. The van der Waals surface area contributed by atoms with Gasteiger partial charge in [0.15, 0.2) is 17.5 Å². The van der Waals surface area contributed by atoms with E-state index in [9.17, 15) is 27.2 Å². The number of carbonyl (C=O) groups is 2. The smallest absolute Gasteiger partial charge is 0.355 e. The van der Waals surface area contributed by atoms with Crippen molar-refractivity contribution < 1.29 is 36.6 Å². The molecule has 0 aliphatic rings. The maximum Gasteiger partial charge on any atom is 0.355 e. The van der Waals surface area contributed by atoms with E-state index in [0.717, 1.165) is 6.07 Å². The number of rotatable bonds is 8. The zero-order valence-corrected chi connectivity index (χ0v) is 13.7. The number of nitrogens with zero attached hydrogens (tertiary/aromatic N) is 1. The molecule has 0 aromatic heterocycles. The molecule has 1 rings (SSSR count). The topological polar surface area (TPSA) is 55.8 Å². The largest absolute Gasteiger partial charge is 0.463 e. The molecule has 0 aliphatic carbocycles. The first-order valence-corrected chi connectivity index (χ1v) is 7.39. The van der Waals surface area contributed by atoms with Crippen LogP contribution in [0.5, 0.6) is 0 Å². The van der Waals surface area contributed by atoms with Crippen LogP contribution in [0.4, 0.5) is 23.2 Å². The van der Waals surface area contributed by atoms with E-state index in [1.165, 1.54) is 13.8 Å². The number of anilines is 1. The summed E-state index contributed by atoms with van der Waals surface area (Å²) in [5.41, 5.74) is -1.19. The van der Waals surface area contributed by atoms with Crippen LogP contribution in [0.15, 0.2) is 23.9 Å². The maximum atomic E-state index is 14.1. The predicted octanol–water partition coefficient (Wildman–Crippen LogP) is 2.89. The average Bonchev–Trinajstić information content (AvgIpc) is 2.57. The quantitative estimate of drug-likeness (QED) is 0.308. The van der Waals surface area contributed by atoms with Gasteiger partial charge >= 0.3 is 11.9 Å². The van der Waals surface area contributed by atoms with E-state index in [0.29, 0.717) is 17.0 Å². The second-order valence-corrected chi connectivity index (χ2v) is 4.54. The Kier molecular flexibility index (Phi) is 7.90. The lowest BCUT2D eigenvalue weighted by Gasteiger charge is -2.25. The Morgan fingerprint density at radius 3 is 2.28 bits per heavy atom. The molecule has 0 aliphatic heterocycles. The first kappa shape index (κ1) is 20.5. The summed E-state index contributed by atoms with van der Waals surface area (Å²) in [5, 5.41) is 0. The lowest BCUT2D eigenvalue weighted by molar-refractivity contribution is -0.141. The van der Waals surface area contributed by atoms with E-state index in [1.807, 2.05) is 0 Å². The van der Waals surface area contributed by atoms with Crippen LogP contribution in [0.1, 0.15) is 13.8 Å². The van der Waals surface area contributed by atoms with Crippen molar-refractivity contribution in [2.24, 2.45) is 0 Å². The highest BCUT2D eigenvalue weighted by Crippen LogP contribution is 2.27. The van der Waals surface area contributed by atoms with Gasteiger partial charge in [0.1, 0.15) is 12.4 Å². The van der Waals surface area contributed by atoms with E-state index in [4.69, 9.17) is 4.74 Å². The Morgan fingerprint density at radius 2 is 1.72 bits per heavy atom. The van der Waals surface area contributed by atoms with Gasteiger partial charge in [-0.1, -0.05) is 0 Å². The zero-order chi connectivity index (χ0) is 19.0. The highest BCUT2D eigenvalue weighted by Gasteiger charge is 2.26. The van der Waals surface area contributed by atoms with E-state index in [1.54, 1.807) is 0 Å². The molecule has 0 bridgehead atoms. The third kappa shape index (κ3) is 5.20. The van der Waals surface area contributed by atoms with Crippen LogP contribution in [0.2, 0.25) is 0 Å². The highest BCUT2D eigenvalue weighted by molar-refractivity contribution is 5.99. The van der Waals surface area contributed by atoms with E-state index in [-0.39, 0.29) is 13.2 Å². The normalized spacial score (nSPS) is 11.2. The Hall–Kier alpha value is -2.58. The van der Waals surface area contributed by atoms with E-state index in [2.05, 4.69) is 4.74 Å². The number of esters is 2. The Morgan fingerprint density at radius 1 is 1.08 bits per heavy atom. The van der Waals surface area contributed by atoms with Crippen molar-refractivity contribution in [3.8, 4) is 0 Å². The van der Waals surface area contributed by atoms with Crippen molar-refractivity contribution in [3.63, 3.8) is 0 Å². The predicted molar refractivity (Wildman–Crippen MR) is 81.0 cm³/mol. The van der Waals surface area contributed by atoms with Gasteiger partial charge in [0.25, 0.3) is 0 Å². The molecular formula is C16H17F4NO4. The van der Waals surface area contributed by atoms with Gasteiger partial charge in [-0.15, -0.1) is 0 Å². The number of alkyl halides is 1. The molecule has 138 valence electrons. The van der Waals surface area contributed by atoms with Crippen molar-refractivity contribution in [3.05, 3.63) is 41.4 Å². The van der Waals surface area contributed by atoms with E-state index < -0.39 is 54.0 Å². The first-order chi connectivity index (χ1) is 11.9. The molecular weight excluding hydrogens is 346 g/mol. The maximum absolute atomic E-state index is 14.1. The number of hydrogen-bond donors (Lipinski definition) is 0. The van der Waals surface area contributed by atoms with Crippen LogP contribution in [-0.4, -0.2) is 38.4 Å². The van der Waals surface area contributed by atoms with Crippen molar-refractivity contribution in [1.82, 2.24) is 0 Å². The second kappa shape index (κ2) is 9.65. The van der Waals surface area contributed by atoms with Crippen molar-refractivity contribution in [2.75, 3.05) is 31.3 Å². The van der Waals surface area contributed by atoms with Crippen LogP contribution in [-0.2, 0) is 19.1 Å². The average molecular weight is 363 g/mol. The molecule has 0 saturated heterocycles. The monoisotopic (exact) mass is 363 g/mol. The minimum Gasteiger partial charge on any atom is -0.463 e. The molecule has 1 aromatic rings. The molecule has 0 radical (unpaired) electrons. The van der Waals surface area contributed by atoms with Gasteiger partial charge in [-0.2, -0.15) is 0 Å². The molecule has 0 spiro atoms. The molecule has 1 aromatic carbocycles. The van der Waals surface area contributed by atoms with Crippen LogP contribution in [0.3, 0.4) is 0 Å². The number of ether oxygens (including phenoxy) is 2.